The van der Waals surface area contributed by atoms with Crippen molar-refractivity contribution in [3.05, 3.63) is 122 Å². The molecule has 0 N–H and O–H groups in total. The minimum Gasteiger partial charge on any atom is -0.462 e. The molecule has 0 saturated heterocycles. The van der Waals surface area contributed by atoms with Gasteiger partial charge in [0.25, 0.3) is 0 Å². The van der Waals surface area contributed by atoms with E-state index in [9.17, 15) is 14.4 Å². The standard InChI is InChI=1S/C75H126O6/c1-4-7-10-13-16-19-22-25-28-31-34-37-40-43-46-49-52-55-58-61-64-67-73(76)79-70-72(81-75(78)69-66-63-60-57-54-51-48-45-42-39-36-33-30-27-24-21-18-15-12-9-6-3)71-80-74(77)68-65-62-59-56-53-50-47-44-41-38-35-32-29-26-23-20-17-14-11-8-5-2/h7,10,16,19,24-25,27-28,32-37,42-43,45-46,52,55,72H,4-6,8-9,11-15,17-18,20-23,26,29-31,38-41,44,47-51,53-54,56-71H2,1-3H3/b10-7-,19-16-,27-24-,28-25-,35-32-,36-33-,37-34-,45-42-,46-43-,55-52-. The maximum Gasteiger partial charge on any atom is 0.306 e. The number of allylic oxidation sites excluding steroid dienone is 20. The minimum atomic E-state index is -0.810. The molecular formula is C75H126O6. The van der Waals surface area contributed by atoms with Crippen LogP contribution in [0.25, 0.3) is 0 Å². The van der Waals surface area contributed by atoms with Crippen molar-refractivity contribution >= 4 is 17.9 Å². The highest BCUT2D eigenvalue weighted by Crippen LogP contribution is 2.16. The van der Waals surface area contributed by atoms with Crippen LogP contribution in [0.5, 0.6) is 0 Å². The van der Waals surface area contributed by atoms with Gasteiger partial charge in [-0.3, -0.25) is 14.4 Å². The highest BCUT2D eigenvalue weighted by molar-refractivity contribution is 5.71. The second-order valence-corrected chi connectivity index (χ2v) is 22.3. The second kappa shape index (κ2) is 68.3. The fourth-order valence-electron chi connectivity index (χ4n) is 9.33. The van der Waals surface area contributed by atoms with Crippen LogP contribution in [0.3, 0.4) is 0 Å². The van der Waals surface area contributed by atoms with E-state index in [2.05, 4.69) is 142 Å². The van der Waals surface area contributed by atoms with E-state index >= 15 is 0 Å². The Labute approximate surface area is 501 Å². The molecule has 0 aromatic heterocycles. The quantitative estimate of drug-likeness (QED) is 0.0261. The summed E-state index contributed by atoms with van der Waals surface area (Å²) in [5, 5.41) is 0. The molecule has 0 aromatic rings. The van der Waals surface area contributed by atoms with Crippen LogP contribution >= 0.6 is 0 Å². The summed E-state index contributed by atoms with van der Waals surface area (Å²) in [6.07, 6.45) is 94.9. The van der Waals surface area contributed by atoms with Crippen molar-refractivity contribution in [2.75, 3.05) is 13.2 Å². The van der Waals surface area contributed by atoms with Gasteiger partial charge in [0.15, 0.2) is 6.10 Å². The smallest absolute Gasteiger partial charge is 0.306 e. The molecule has 0 fully saturated rings. The SMILES string of the molecule is CC/C=C\C/C=C\C/C=C\C/C=C\C/C=C\C/C=C\CCCCC(=O)OCC(COC(=O)CCCCCCCCCCC/C=C\CCCCCCCCCC)OC(=O)CCCCCCCC/C=C\C/C=C\C/C=C\CCCCCCC. The third-order valence-electron chi connectivity index (χ3n) is 14.4. The van der Waals surface area contributed by atoms with Crippen molar-refractivity contribution in [1.29, 1.82) is 0 Å². The Morgan fingerprint density at radius 1 is 0.259 bits per heavy atom. The lowest BCUT2D eigenvalue weighted by Gasteiger charge is -2.18. The molecule has 0 saturated carbocycles. The summed E-state index contributed by atoms with van der Waals surface area (Å²) in [5.41, 5.74) is 0. The Hall–Kier alpha value is -4.19. The highest BCUT2D eigenvalue weighted by Gasteiger charge is 2.19. The molecule has 0 bridgehead atoms. The van der Waals surface area contributed by atoms with Crippen LogP contribution in [0.4, 0.5) is 0 Å². The topological polar surface area (TPSA) is 78.9 Å². The molecule has 1 atom stereocenters. The summed E-state index contributed by atoms with van der Waals surface area (Å²) < 4.78 is 16.9. The number of unbranched alkanes of at least 4 members (excludes halogenated alkanes) is 30. The van der Waals surface area contributed by atoms with Crippen LogP contribution in [0.1, 0.15) is 316 Å². The molecule has 0 heterocycles. The largest absolute Gasteiger partial charge is 0.462 e. The lowest BCUT2D eigenvalue weighted by atomic mass is 10.1. The molecule has 1 unspecified atom stereocenters. The van der Waals surface area contributed by atoms with E-state index < -0.39 is 6.10 Å². The van der Waals surface area contributed by atoms with Crippen LogP contribution in [0.2, 0.25) is 0 Å². The molecule has 0 aliphatic rings. The van der Waals surface area contributed by atoms with Crippen molar-refractivity contribution in [3.8, 4) is 0 Å². The van der Waals surface area contributed by atoms with Gasteiger partial charge in [-0.15, -0.1) is 0 Å². The first-order valence-corrected chi connectivity index (χ1v) is 34.0. The molecule has 0 radical (unpaired) electrons. The molecule has 0 rings (SSSR count). The van der Waals surface area contributed by atoms with Gasteiger partial charge in [0.05, 0.1) is 0 Å². The zero-order valence-corrected chi connectivity index (χ0v) is 53.0. The van der Waals surface area contributed by atoms with Crippen LogP contribution < -0.4 is 0 Å². The van der Waals surface area contributed by atoms with E-state index in [4.69, 9.17) is 14.2 Å². The molecule has 0 aliphatic heterocycles. The summed E-state index contributed by atoms with van der Waals surface area (Å²) in [6.45, 7) is 6.49. The average molecular weight is 1120 g/mol. The van der Waals surface area contributed by atoms with E-state index in [-0.39, 0.29) is 31.1 Å². The predicted molar refractivity (Wildman–Crippen MR) is 353 cm³/mol. The van der Waals surface area contributed by atoms with Gasteiger partial charge in [-0.25, -0.2) is 0 Å². The number of hydrogen-bond donors (Lipinski definition) is 0. The van der Waals surface area contributed by atoms with Gasteiger partial charge in [-0.1, -0.05) is 284 Å². The molecule has 0 aliphatic carbocycles. The fraction of sp³-hybridized carbons (Fsp3) is 0.693. The van der Waals surface area contributed by atoms with Gasteiger partial charge in [0.2, 0.25) is 0 Å². The normalized spacial score (nSPS) is 12.9. The van der Waals surface area contributed by atoms with E-state index in [1.54, 1.807) is 0 Å². The highest BCUT2D eigenvalue weighted by atomic mass is 16.6. The zero-order valence-electron chi connectivity index (χ0n) is 53.0. The zero-order chi connectivity index (χ0) is 58.5. The molecule has 0 aromatic carbocycles. The summed E-state index contributed by atoms with van der Waals surface area (Å²) in [5.74, 6) is -0.952. The molecule has 6 heteroatoms. The molecule has 6 nitrogen and oxygen atoms in total. The Kier molecular flexibility index (Phi) is 64.8. The van der Waals surface area contributed by atoms with E-state index in [1.807, 2.05) is 0 Å². The molecular weight excluding hydrogens is 997 g/mol. The van der Waals surface area contributed by atoms with E-state index in [0.717, 1.165) is 116 Å². The van der Waals surface area contributed by atoms with Crippen molar-refractivity contribution in [2.24, 2.45) is 0 Å². The molecule has 0 amide bonds. The van der Waals surface area contributed by atoms with Crippen molar-refractivity contribution in [1.82, 2.24) is 0 Å². The summed E-state index contributed by atoms with van der Waals surface area (Å²) >= 11 is 0. The molecule has 462 valence electrons. The molecule has 0 spiro atoms. The maximum atomic E-state index is 12.9. The minimum absolute atomic E-state index is 0.100. The predicted octanol–water partition coefficient (Wildman–Crippen LogP) is 23.6. The summed E-state index contributed by atoms with van der Waals surface area (Å²) in [4.78, 5) is 38.4. The van der Waals surface area contributed by atoms with Crippen LogP contribution in [0, 0.1) is 0 Å². The summed E-state index contributed by atoms with van der Waals surface area (Å²) in [6, 6.07) is 0. The second-order valence-electron chi connectivity index (χ2n) is 22.3. The third-order valence-corrected chi connectivity index (χ3v) is 14.4. The first-order chi connectivity index (χ1) is 40.0. The van der Waals surface area contributed by atoms with Gasteiger partial charge < -0.3 is 14.2 Å². The van der Waals surface area contributed by atoms with Gasteiger partial charge in [-0.2, -0.15) is 0 Å². The lowest BCUT2D eigenvalue weighted by molar-refractivity contribution is -0.167. The van der Waals surface area contributed by atoms with Crippen molar-refractivity contribution < 1.29 is 28.6 Å². The number of ether oxygens (including phenoxy) is 3. The Bertz CT molecular complexity index is 1670. The van der Waals surface area contributed by atoms with Crippen LogP contribution in [0.15, 0.2) is 122 Å². The Balaban J connectivity index is 4.50. The fourth-order valence-corrected chi connectivity index (χ4v) is 9.33. The first-order valence-electron chi connectivity index (χ1n) is 34.0. The van der Waals surface area contributed by atoms with Crippen molar-refractivity contribution in [3.63, 3.8) is 0 Å². The Morgan fingerprint density at radius 2 is 0.481 bits per heavy atom. The van der Waals surface area contributed by atoms with Gasteiger partial charge in [0, 0.05) is 19.3 Å². The van der Waals surface area contributed by atoms with Crippen LogP contribution in [-0.2, 0) is 28.6 Å². The van der Waals surface area contributed by atoms with Gasteiger partial charge >= 0.3 is 17.9 Å². The van der Waals surface area contributed by atoms with Gasteiger partial charge in [-0.05, 0) is 135 Å². The number of hydrogen-bond acceptors (Lipinski definition) is 6. The number of carbonyl (C=O) groups is 3. The Morgan fingerprint density at radius 3 is 0.790 bits per heavy atom. The lowest BCUT2D eigenvalue weighted by Crippen LogP contribution is -2.30. The third kappa shape index (κ3) is 66.5. The van der Waals surface area contributed by atoms with Gasteiger partial charge in [0.1, 0.15) is 13.2 Å². The monoisotopic (exact) mass is 1120 g/mol. The number of carbonyl (C=O) groups excluding carboxylic acids is 3. The maximum absolute atomic E-state index is 12.9. The first kappa shape index (κ1) is 76.8. The van der Waals surface area contributed by atoms with Crippen molar-refractivity contribution in [2.45, 2.75) is 322 Å². The number of rotatable bonds is 61. The molecule has 81 heavy (non-hydrogen) atoms. The van der Waals surface area contributed by atoms with E-state index in [0.29, 0.717) is 25.7 Å². The average Bonchev–Trinajstić information content (AvgIpc) is 3.47. The van der Waals surface area contributed by atoms with E-state index in [1.165, 1.54) is 154 Å². The number of esters is 3. The summed E-state index contributed by atoms with van der Waals surface area (Å²) in [7, 11) is 0. The van der Waals surface area contributed by atoms with Crippen LogP contribution in [-0.4, -0.2) is 37.2 Å².